The molecule has 0 radical (unpaired) electrons. The van der Waals surface area contributed by atoms with Gasteiger partial charge in [-0.2, -0.15) is 0 Å². The highest BCUT2D eigenvalue weighted by Gasteiger charge is 2.07. The van der Waals surface area contributed by atoms with E-state index in [9.17, 15) is 4.79 Å². The molecule has 0 unspecified atom stereocenters. The predicted molar refractivity (Wildman–Crippen MR) is 94.1 cm³/mol. The third-order valence-corrected chi connectivity index (χ3v) is 3.70. The van der Waals surface area contributed by atoms with Crippen molar-refractivity contribution >= 4 is 5.97 Å². The predicted octanol–water partition coefficient (Wildman–Crippen LogP) is 4.86. The molecule has 3 heteroatoms. The van der Waals surface area contributed by atoms with Crippen molar-refractivity contribution in [2.24, 2.45) is 0 Å². The number of hydrogen-bond donors (Lipinski definition) is 0. The van der Waals surface area contributed by atoms with Crippen LogP contribution in [0.15, 0.2) is 78.9 Å². The van der Waals surface area contributed by atoms with Gasteiger partial charge in [0.25, 0.3) is 0 Å². The molecule has 0 heterocycles. The normalized spacial score (nSPS) is 10.2. The Labute approximate surface area is 141 Å². The van der Waals surface area contributed by atoms with Gasteiger partial charge in [0, 0.05) is 5.56 Å². The molecule has 0 aliphatic heterocycles. The summed E-state index contributed by atoms with van der Waals surface area (Å²) in [4.78, 5) is 11.3. The molecule has 3 rings (SSSR count). The standard InChI is InChI=1S/C21H18O3/c1-23-21(22)15-16-11-13-18(14-12-16)24-20-10-6-5-9-19(20)17-7-3-2-4-8-17/h2-14H,15H2,1H3. The molecule has 0 atom stereocenters. The SMILES string of the molecule is COC(=O)Cc1ccc(Oc2ccccc2-c2ccccc2)cc1. The molecule has 0 aromatic heterocycles. The fourth-order valence-corrected chi connectivity index (χ4v) is 2.45. The molecule has 120 valence electrons. The van der Waals surface area contributed by atoms with Crippen LogP contribution in [0.2, 0.25) is 0 Å². The number of carbonyl (C=O) groups is 1. The van der Waals surface area contributed by atoms with Crippen LogP contribution in [0, 0.1) is 0 Å². The van der Waals surface area contributed by atoms with Gasteiger partial charge in [-0.25, -0.2) is 0 Å². The number of carbonyl (C=O) groups excluding carboxylic acids is 1. The van der Waals surface area contributed by atoms with Crippen LogP contribution in [0.5, 0.6) is 11.5 Å². The van der Waals surface area contributed by atoms with Crippen LogP contribution in [0.1, 0.15) is 5.56 Å². The van der Waals surface area contributed by atoms with Gasteiger partial charge in [-0.15, -0.1) is 0 Å². The summed E-state index contributed by atoms with van der Waals surface area (Å²) in [5.74, 6) is 1.27. The number of para-hydroxylation sites is 1. The average molecular weight is 318 g/mol. The second kappa shape index (κ2) is 7.47. The van der Waals surface area contributed by atoms with E-state index in [1.165, 1.54) is 7.11 Å². The molecule has 0 bridgehead atoms. The Morgan fingerprint density at radius 2 is 1.50 bits per heavy atom. The quantitative estimate of drug-likeness (QED) is 0.630. The minimum absolute atomic E-state index is 0.252. The van der Waals surface area contributed by atoms with Crippen LogP contribution < -0.4 is 4.74 Å². The van der Waals surface area contributed by atoms with Gasteiger partial charge in [-0.3, -0.25) is 4.79 Å². The Kier molecular flexibility index (Phi) is 4.92. The molecule has 3 aromatic carbocycles. The molecule has 0 amide bonds. The van der Waals surface area contributed by atoms with Gasteiger partial charge < -0.3 is 9.47 Å². The second-order valence-electron chi connectivity index (χ2n) is 5.36. The number of esters is 1. The van der Waals surface area contributed by atoms with Crippen molar-refractivity contribution in [1.29, 1.82) is 0 Å². The van der Waals surface area contributed by atoms with Crippen LogP contribution >= 0.6 is 0 Å². The topological polar surface area (TPSA) is 35.5 Å². The minimum atomic E-state index is -0.252. The maximum atomic E-state index is 11.3. The average Bonchev–Trinajstić information content (AvgIpc) is 2.64. The van der Waals surface area contributed by atoms with E-state index in [2.05, 4.69) is 16.9 Å². The lowest BCUT2D eigenvalue weighted by atomic mass is 10.0. The van der Waals surface area contributed by atoms with E-state index in [1.807, 2.05) is 66.7 Å². The first-order chi connectivity index (χ1) is 11.8. The first-order valence-corrected chi connectivity index (χ1v) is 7.74. The lowest BCUT2D eigenvalue weighted by Gasteiger charge is -2.11. The molecule has 0 aliphatic carbocycles. The molecular formula is C21H18O3. The summed E-state index contributed by atoms with van der Waals surface area (Å²) in [6.45, 7) is 0. The summed E-state index contributed by atoms with van der Waals surface area (Å²) < 4.78 is 10.7. The number of rotatable bonds is 5. The third-order valence-electron chi connectivity index (χ3n) is 3.70. The van der Waals surface area contributed by atoms with E-state index in [-0.39, 0.29) is 12.4 Å². The zero-order chi connectivity index (χ0) is 16.8. The zero-order valence-corrected chi connectivity index (χ0v) is 13.4. The van der Waals surface area contributed by atoms with Crippen LogP contribution in [0.25, 0.3) is 11.1 Å². The first kappa shape index (κ1) is 15.8. The van der Waals surface area contributed by atoms with Crippen LogP contribution in [0.4, 0.5) is 0 Å². The number of hydrogen-bond acceptors (Lipinski definition) is 3. The van der Waals surface area contributed by atoms with Gasteiger partial charge in [0.15, 0.2) is 0 Å². The Morgan fingerprint density at radius 3 is 2.21 bits per heavy atom. The van der Waals surface area contributed by atoms with Crippen molar-refractivity contribution in [2.45, 2.75) is 6.42 Å². The van der Waals surface area contributed by atoms with Crippen molar-refractivity contribution in [3.8, 4) is 22.6 Å². The van der Waals surface area contributed by atoms with Crippen LogP contribution in [-0.2, 0) is 16.0 Å². The lowest BCUT2D eigenvalue weighted by molar-refractivity contribution is -0.139. The highest BCUT2D eigenvalue weighted by atomic mass is 16.5. The van der Waals surface area contributed by atoms with Gasteiger partial charge in [0.1, 0.15) is 11.5 Å². The largest absolute Gasteiger partial charge is 0.469 e. The zero-order valence-electron chi connectivity index (χ0n) is 13.4. The van der Waals surface area contributed by atoms with E-state index in [0.29, 0.717) is 0 Å². The van der Waals surface area contributed by atoms with E-state index in [4.69, 9.17) is 4.74 Å². The highest BCUT2D eigenvalue weighted by molar-refractivity contribution is 5.72. The van der Waals surface area contributed by atoms with Crippen LogP contribution in [0.3, 0.4) is 0 Å². The Bertz CT molecular complexity index is 808. The molecule has 3 nitrogen and oxygen atoms in total. The number of ether oxygens (including phenoxy) is 2. The maximum Gasteiger partial charge on any atom is 0.309 e. The summed E-state index contributed by atoms with van der Waals surface area (Å²) in [6, 6.07) is 25.5. The Balaban J connectivity index is 1.81. The van der Waals surface area contributed by atoms with Gasteiger partial charge in [0.2, 0.25) is 0 Å². The lowest BCUT2D eigenvalue weighted by Crippen LogP contribution is -2.04. The molecule has 0 aliphatic rings. The first-order valence-electron chi connectivity index (χ1n) is 7.74. The highest BCUT2D eigenvalue weighted by Crippen LogP contribution is 2.33. The van der Waals surface area contributed by atoms with Crippen LogP contribution in [-0.4, -0.2) is 13.1 Å². The second-order valence-corrected chi connectivity index (χ2v) is 5.36. The summed E-state index contributed by atoms with van der Waals surface area (Å²) in [6.07, 6.45) is 0.261. The van der Waals surface area contributed by atoms with Crippen molar-refractivity contribution in [1.82, 2.24) is 0 Å². The van der Waals surface area contributed by atoms with Gasteiger partial charge in [-0.05, 0) is 29.3 Å². The molecule has 3 aromatic rings. The maximum absolute atomic E-state index is 11.3. The number of benzene rings is 3. The molecule has 24 heavy (non-hydrogen) atoms. The number of methoxy groups -OCH3 is 1. The molecule has 0 N–H and O–H groups in total. The fraction of sp³-hybridized carbons (Fsp3) is 0.0952. The molecule has 0 fully saturated rings. The Morgan fingerprint density at radius 1 is 0.833 bits per heavy atom. The third kappa shape index (κ3) is 3.82. The van der Waals surface area contributed by atoms with Crippen molar-refractivity contribution < 1.29 is 14.3 Å². The summed E-state index contributed by atoms with van der Waals surface area (Å²) in [7, 11) is 1.39. The molecular weight excluding hydrogens is 300 g/mol. The molecule has 0 saturated carbocycles. The summed E-state index contributed by atoms with van der Waals surface area (Å²) in [5, 5.41) is 0. The Hall–Kier alpha value is -3.07. The van der Waals surface area contributed by atoms with Gasteiger partial charge in [0.05, 0.1) is 13.5 Å². The van der Waals surface area contributed by atoms with E-state index >= 15 is 0 Å². The molecule has 0 spiro atoms. The summed E-state index contributed by atoms with van der Waals surface area (Å²) >= 11 is 0. The molecule has 0 saturated heterocycles. The van der Waals surface area contributed by atoms with Crippen molar-refractivity contribution in [2.75, 3.05) is 7.11 Å². The van der Waals surface area contributed by atoms with E-state index in [0.717, 1.165) is 28.2 Å². The smallest absolute Gasteiger partial charge is 0.309 e. The van der Waals surface area contributed by atoms with Crippen molar-refractivity contribution in [3.05, 3.63) is 84.4 Å². The minimum Gasteiger partial charge on any atom is -0.469 e. The van der Waals surface area contributed by atoms with Gasteiger partial charge >= 0.3 is 5.97 Å². The summed E-state index contributed by atoms with van der Waals surface area (Å²) in [5.41, 5.74) is 3.04. The van der Waals surface area contributed by atoms with E-state index < -0.39 is 0 Å². The van der Waals surface area contributed by atoms with Gasteiger partial charge in [-0.1, -0.05) is 60.7 Å². The fourth-order valence-electron chi connectivity index (χ4n) is 2.45. The van der Waals surface area contributed by atoms with Crippen molar-refractivity contribution in [3.63, 3.8) is 0 Å². The monoisotopic (exact) mass is 318 g/mol. The van der Waals surface area contributed by atoms with E-state index in [1.54, 1.807) is 0 Å².